The summed E-state index contributed by atoms with van der Waals surface area (Å²) in [6.45, 7) is 7.75. The van der Waals surface area contributed by atoms with Gasteiger partial charge in [0, 0.05) is 49.4 Å². The number of ether oxygens (including phenoxy) is 1. The monoisotopic (exact) mass is 516 g/mol. The molecule has 1 unspecified atom stereocenters. The summed E-state index contributed by atoms with van der Waals surface area (Å²) >= 11 is 0. The second-order valence-corrected chi connectivity index (χ2v) is 10.1. The molecule has 5 rings (SSSR count). The first-order valence-electron chi connectivity index (χ1n) is 13.2. The lowest BCUT2D eigenvalue weighted by atomic mass is 10.0. The van der Waals surface area contributed by atoms with Gasteiger partial charge in [-0.2, -0.15) is 9.97 Å². The number of amides is 1. The van der Waals surface area contributed by atoms with E-state index >= 15 is 0 Å². The number of anilines is 2. The van der Waals surface area contributed by atoms with Gasteiger partial charge >= 0.3 is 6.01 Å². The number of piperazine rings is 1. The molecule has 0 radical (unpaired) electrons. The van der Waals surface area contributed by atoms with Crippen molar-refractivity contribution in [1.29, 1.82) is 0 Å². The quantitative estimate of drug-likeness (QED) is 0.457. The van der Waals surface area contributed by atoms with Gasteiger partial charge in [-0.3, -0.25) is 4.79 Å². The molecule has 0 saturated carbocycles. The molecular formula is C29H36N6O3. The molecule has 1 atom stereocenters. The summed E-state index contributed by atoms with van der Waals surface area (Å²) < 4.78 is 6.02. The molecule has 0 bridgehead atoms. The van der Waals surface area contributed by atoms with E-state index in [-0.39, 0.29) is 18.6 Å². The van der Waals surface area contributed by atoms with E-state index in [1.54, 1.807) is 4.90 Å². The van der Waals surface area contributed by atoms with Crippen molar-refractivity contribution in [3.8, 4) is 6.01 Å². The number of hydrogen-bond acceptors (Lipinski definition) is 8. The Bertz CT molecular complexity index is 1310. The van der Waals surface area contributed by atoms with Crippen LogP contribution in [-0.2, 0) is 17.8 Å². The van der Waals surface area contributed by atoms with Crippen LogP contribution in [0.1, 0.15) is 11.3 Å². The van der Waals surface area contributed by atoms with Crippen LogP contribution in [0, 0.1) is 0 Å². The maximum Gasteiger partial charge on any atom is 0.318 e. The number of hydrogen-bond donors (Lipinski definition) is 1. The molecule has 2 aliphatic rings. The van der Waals surface area contributed by atoms with Gasteiger partial charge < -0.3 is 29.4 Å². The third-order valence-electron chi connectivity index (χ3n) is 7.35. The van der Waals surface area contributed by atoms with Crippen molar-refractivity contribution in [2.75, 3.05) is 69.8 Å². The maximum atomic E-state index is 12.2. The lowest BCUT2D eigenvalue weighted by Crippen LogP contribution is -2.56. The van der Waals surface area contributed by atoms with E-state index in [1.807, 2.05) is 14.1 Å². The van der Waals surface area contributed by atoms with E-state index in [0.717, 1.165) is 36.6 Å². The minimum Gasteiger partial charge on any atom is -0.462 e. The molecular weight excluding hydrogens is 480 g/mol. The Balaban J connectivity index is 1.49. The SMILES string of the molecule is C=CC(=O)N1CCN(c2nc(OCCN(C)C)nc3c2CCN(c2cccc4ccccc24)C3)C(CO)C1. The average molecular weight is 517 g/mol. The Labute approximate surface area is 223 Å². The highest BCUT2D eigenvalue weighted by Gasteiger charge is 2.33. The second kappa shape index (κ2) is 11.4. The molecule has 2 aromatic carbocycles. The number of aliphatic hydroxyl groups excluding tert-OH is 1. The summed E-state index contributed by atoms with van der Waals surface area (Å²) in [5.74, 6) is 0.684. The van der Waals surface area contributed by atoms with Crippen molar-refractivity contribution in [2.24, 2.45) is 0 Å². The molecule has 2 aliphatic heterocycles. The number of likely N-dealkylation sites (N-methyl/N-ethyl adjacent to an activating group) is 1. The first-order chi connectivity index (χ1) is 18.5. The van der Waals surface area contributed by atoms with Gasteiger partial charge in [0.25, 0.3) is 0 Å². The maximum absolute atomic E-state index is 12.2. The molecule has 1 saturated heterocycles. The predicted octanol–water partition coefficient (Wildman–Crippen LogP) is 2.33. The van der Waals surface area contributed by atoms with E-state index in [4.69, 9.17) is 14.7 Å². The number of rotatable bonds is 8. The minimum absolute atomic E-state index is 0.0847. The molecule has 3 heterocycles. The molecule has 200 valence electrons. The van der Waals surface area contributed by atoms with Crippen LogP contribution in [0.25, 0.3) is 10.8 Å². The molecule has 9 heteroatoms. The number of fused-ring (bicyclic) bond motifs is 2. The van der Waals surface area contributed by atoms with Gasteiger partial charge in [-0.1, -0.05) is 43.0 Å². The second-order valence-electron chi connectivity index (χ2n) is 10.1. The highest BCUT2D eigenvalue weighted by molar-refractivity contribution is 5.94. The summed E-state index contributed by atoms with van der Waals surface area (Å²) in [7, 11) is 4.00. The number of aliphatic hydroxyl groups is 1. The Kier molecular flexibility index (Phi) is 7.76. The van der Waals surface area contributed by atoms with E-state index in [2.05, 4.69) is 63.7 Å². The van der Waals surface area contributed by atoms with E-state index in [0.29, 0.717) is 38.8 Å². The number of aromatic nitrogens is 2. The first-order valence-corrected chi connectivity index (χ1v) is 13.2. The Morgan fingerprint density at radius 1 is 1.16 bits per heavy atom. The fourth-order valence-corrected chi connectivity index (χ4v) is 5.32. The van der Waals surface area contributed by atoms with Crippen LogP contribution >= 0.6 is 0 Å². The molecule has 38 heavy (non-hydrogen) atoms. The number of benzene rings is 2. The molecule has 0 spiro atoms. The van der Waals surface area contributed by atoms with Crippen molar-refractivity contribution in [3.63, 3.8) is 0 Å². The van der Waals surface area contributed by atoms with Gasteiger partial charge in [-0.25, -0.2) is 0 Å². The van der Waals surface area contributed by atoms with Gasteiger partial charge in [-0.05, 0) is 38.0 Å². The number of carbonyl (C=O) groups is 1. The zero-order chi connectivity index (χ0) is 26.6. The van der Waals surface area contributed by atoms with Crippen molar-refractivity contribution < 1.29 is 14.6 Å². The third kappa shape index (κ3) is 5.30. The fraction of sp³-hybridized carbons (Fsp3) is 0.414. The van der Waals surface area contributed by atoms with Gasteiger partial charge in [0.05, 0.1) is 24.9 Å². The molecule has 0 aliphatic carbocycles. The van der Waals surface area contributed by atoms with E-state index in [9.17, 15) is 9.90 Å². The third-order valence-corrected chi connectivity index (χ3v) is 7.35. The summed E-state index contributed by atoms with van der Waals surface area (Å²) in [5, 5.41) is 12.7. The Hall–Kier alpha value is -3.69. The summed E-state index contributed by atoms with van der Waals surface area (Å²) in [6.07, 6.45) is 2.10. The lowest BCUT2D eigenvalue weighted by Gasteiger charge is -2.42. The standard InChI is InChI=1S/C29H36N6O3/c1-4-27(37)34-14-15-35(22(18-34)20-36)28-24-12-13-33(26-11-7-9-21-8-5-6-10-23(21)26)19-25(24)30-29(31-28)38-17-16-32(2)3/h4-11,22,36H,1,12-20H2,2-3H3. The van der Waals surface area contributed by atoms with Crippen LogP contribution < -0.4 is 14.5 Å². The topological polar surface area (TPSA) is 85.3 Å². The molecule has 9 nitrogen and oxygen atoms in total. The van der Waals surface area contributed by atoms with Crippen LogP contribution in [0.2, 0.25) is 0 Å². The average Bonchev–Trinajstić information content (AvgIpc) is 2.95. The predicted molar refractivity (Wildman–Crippen MR) is 150 cm³/mol. The lowest BCUT2D eigenvalue weighted by molar-refractivity contribution is -0.126. The van der Waals surface area contributed by atoms with Crippen LogP contribution in [0.4, 0.5) is 11.5 Å². The van der Waals surface area contributed by atoms with Crippen molar-refractivity contribution in [2.45, 2.75) is 19.0 Å². The van der Waals surface area contributed by atoms with Crippen LogP contribution in [0.5, 0.6) is 6.01 Å². The van der Waals surface area contributed by atoms with Crippen molar-refractivity contribution in [3.05, 3.63) is 66.4 Å². The summed E-state index contributed by atoms with van der Waals surface area (Å²) in [4.78, 5) is 30.3. The Morgan fingerprint density at radius 3 is 2.76 bits per heavy atom. The largest absolute Gasteiger partial charge is 0.462 e. The van der Waals surface area contributed by atoms with Crippen molar-refractivity contribution in [1.82, 2.24) is 19.8 Å². The fourth-order valence-electron chi connectivity index (χ4n) is 5.32. The minimum atomic E-state index is -0.266. The Morgan fingerprint density at radius 2 is 1.97 bits per heavy atom. The molecule has 1 aromatic heterocycles. The first kappa shape index (κ1) is 25.9. The molecule has 1 fully saturated rings. The smallest absolute Gasteiger partial charge is 0.318 e. The van der Waals surface area contributed by atoms with E-state index in [1.165, 1.54) is 22.5 Å². The van der Waals surface area contributed by atoms with E-state index < -0.39 is 0 Å². The molecule has 1 amide bonds. The highest BCUT2D eigenvalue weighted by Crippen LogP contribution is 2.35. The number of carbonyl (C=O) groups excluding carboxylic acids is 1. The van der Waals surface area contributed by atoms with Gasteiger partial charge in [0.2, 0.25) is 5.91 Å². The number of nitrogens with zero attached hydrogens (tertiary/aromatic N) is 6. The normalized spacial score (nSPS) is 17.6. The van der Waals surface area contributed by atoms with Crippen molar-refractivity contribution >= 4 is 28.2 Å². The zero-order valence-electron chi connectivity index (χ0n) is 22.2. The van der Waals surface area contributed by atoms with Crippen LogP contribution in [0.15, 0.2) is 55.1 Å². The van der Waals surface area contributed by atoms with Crippen LogP contribution in [0.3, 0.4) is 0 Å². The zero-order valence-corrected chi connectivity index (χ0v) is 22.2. The summed E-state index contributed by atoms with van der Waals surface area (Å²) in [5.41, 5.74) is 3.22. The van der Waals surface area contributed by atoms with Crippen LogP contribution in [-0.4, -0.2) is 96.9 Å². The highest BCUT2D eigenvalue weighted by atomic mass is 16.5. The van der Waals surface area contributed by atoms with Gasteiger partial charge in [0.1, 0.15) is 12.4 Å². The molecule has 1 N–H and O–H groups in total. The van der Waals surface area contributed by atoms with Gasteiger partial charge in [0.15, 0.2) is 0 Å². The summed E-state index contributed by atoms with van der Waals surface area (Å²) in [6, 6.07) is 14.9. The molecule has 3 aromatic rings. The van der Waals surface area contributed by atoms with Gasteiger partial charge in [-0.15, -0.1) is 0 Å².